The minimum absolute atomic E-state index is 0.00544. The van der Waals surface area contributed by atoms with E-state index < -0.39 is 211 Å². The first kappa shape index (κ1) is 79.9. The van der Waals surface area contributed by atoms with Crippen LogP contribution in [0.15, 0.2) is 12.1 Å². The van der Waals surface area contributed by atoms with Crippen molar-refractivity contribution in [3.63, 3.8) is 0 Å². The first-order valence-electron chi connectivity index (χ1n) is 34.1. The third-order valence-corrected chi connectivity index (χ3v) is 20.4. The molecule has 99 heavy (non-hydrogen) atoms. The highest BCUT2D eigenvalue weighted by atomic mass is 19.4. The largest absolute Gasteiger partial charge is 0.481 e. The number of alkyl halides is 3. The highest BCUT2D eigenvalue weighted by molar-refractivity contribution is 6.01. The van der Waals surface area contributed by atoms with Gasteiger partial charge in [-0.2, -0.15) is 13.2 Å². The number of carboxylic acids is 1. The summed E-state index contributed by atoms with van der Waals surface area (Å²) >= 11 is 0. The second-order valence-corrected chi connectivity index (χ2v) is 27.3. The number of rotatable bonds is 12. The number of hydrogen-bond acceptors (Lipinski definition) is 14. The predicted molar refractivity (Wildman–Crippen MR) is 347 cm³/mol. The van der Waals surface area contributed by atoms with E-state index in [4.69, 9.17) is 4.74 Å². The fraction of sp³-hybridized carbons (Fsp3) is 0.716. The van der Waals surface area contributed by atoms with Crippen molar-refractivity contribution in [2.45, 2.75) is 209 Å². The Morgan fingerprint density at radius 3 is 1.87 bits per heavy atom. The lowest BCUT2D eigenvalue weighted by atomic mass is 9.74. The molecule has 5 fully saturated rings. The molecule has 3 aliphatic heterocycles. The summed E-state index contributed by atoms with van der Waals surface area (Å²) in [5.74, 6) is -16.5. The van der Waals surface area contributed by atoms with Crippen molar-refractivity contribution >= 4 is 76.9 Å². The Balaban J connectivity index is 1.46. The molecule has 0 aromatic heterocycles. The maximum Gasteiger partial charge on any atom is 0.422 e. The molecule has 5 aliphatic rings. The Hall–Kier alpha value is -8.06. The Labute approximate surface area is 574 Å². The number of ether oxygens (including phenoxy) is 1. The number of hydrogen-bond donors (Lipinski definition) is 4. The van der Waals surface area contributed by atoms with Gasteiger partial charge in [-0.3, -0.25) is 62.3 Å². The van der Waals surface area contributed by atoms with Gasteiger partial charge >= 0.3 is 12.1 Å². The van der Waals surface area contributed by atoms with Crippen molar-refractivity contribution in [2.24, 2.45) is 11.8 Å². The molecule has 0 unspecified atom stereocenters. The quantitative estimate of drug-likeness (QED) is 0.219. The molecule has 4 N–H and O–H groups in total. The smallest absolute Gasteiger partial charge is 0.422 e. The minimum atomic E-state index is -5.43. The zero-order valence-electron chi connectivity index (χ0n) is 58.8. The van der Waals surface area contributed by atoms with E-state index in [1.165, 1.54) is 59.1 Å². The first-order chi connectivity index (χ1) is 46.4. The summed E-state index contributed by atoms with van der Waals surface area (Å²) < 4.78 is 77.3. The summed E-state index contributed by atoms with van der Waals surface area (Å²) in [5, 5.41) is 18.4. The molecule has 3 saturated heterocycles. The van der Waals surface area contributed by atoms with Crippen LogP contribution in [0.25, 0.3) is 0 Å². The number of fused-ring (bicyclic) bond motifs is 3. The monoisotopic (exact) mass is 1410 g/mol. The second kappa shape index (κ2) is 34.3. The molecule has 1 aromatic rings. The van der Waals surface area contributed by atoms with E-state index in [0.29, 0.717) is 63.5 Å². The molecular weight excluding hydrogens is 1310 g/mol. The standard InChI is InChI=1S/C67H99F5N12O15/c1-13-38(4)55-63(96)78(8)37-52(87)80(10)46-24-17-16-20-29-83(62(46)95)49(34-53(88)89)61(94)77(7)36-50(85)73-44(26-25-39-30-42(68)54(43(69)31-39)67(70,71)72)59(92)84-35-41(99-15-3)32-47(84)58(91)75-66(27-21-28-66)65(98)82(12)56(40-22-18-19-23-40)64(97)81(11)48(60(93)76(5)6)33-51(86)79(9)45(14-2)57(90)74-55/h30-31,38,40-41,44-49,55-56H,13-29,32-37H2,1-12H3,(H,73,85)(H,74,90)(H,75,91)(H,88,89)/t38-,41+,44-,45-,46-,47-,48-,49-,55-,56-/m0/s1. The number of amides is 12. The van der Waals surface area contributed by atoms with Crippen LogP contribution in [0.2, 0.25) is 0 Å². The number of aryl methyl sites for hydroxylation is 1. The number of carboxylic acid groups (broad SMARTS) is 1. The van der Waals surface area contributed by atoms with Crippen molar-refractivity contribution in [2.75, 3.05) is 89.2 Å². The number of nitrogens with one attached hydrogen (secondary N) is 3. The SMILES string of the molecule is CCO[C@@H]1C[C@H]2C(=O)NC3(CCC3)C(=O)N(C)[C@@H](C3CCCC3)C(=O)N(C)[C@H](C(=O)N(C)C)CC(=O)N(C)[C@@H](CC)C(=O)N[C@@H]([C@@H](C)CC)C(=O)N(C)CC(=O)N(C)[C@H]3CCCCCN(C3=O)[C@@H](CC(=O)O)C(=O)N(C)CC(=O)N[C@@H](CCc3cc(F)c(C(F)(F)F)c(F)c3)C(=O)N2C1. The van der Waals surface area contributed by atoms with Gasteiger partial charge in [0.05, 0.1) is 32.0 Å². The van der Waals surface area contributed by atoms with Gasteiger partial charge in [0.15, 0.2) is 0 Å². The number of nitrogens with zero attached hydrogens (tertiary/aromatic N) is 9. The number of benzene rings is 1. The second-order valence-electron chi connectivity index (χ2n) is 27.3. The molecule has 27 nitrogen and oxygen atoms in total. The molecule has 32 heteroatoms. The molecule has 1 spiro atoms. The molecular formula is C67H99F5N12O15. The molecule has 1 aromatic carbocycles. The molecule has 0 radical (unpaired) electrons. The van der Waals surface area contributed by atoms with Crippen LogP contribution in [-0.2, 0) is 79.7 Å². The van der Waals surface area contributed by atoms with E-state index in [1.807, 2.05) is 0 Å². The predicted octanol–water partition coefficient (Wildman–Crippen LogP) is 2.54. The van der Waals surface area contributed by atoms with E-state index in [0.717, 1.165) is 41.3 Å². The molecule has 552 valence electrons. The van der Waals surface area contributed by atoms with Gasteiger partial charge in [0, 0.05) is 82.5 Å². The van der Waals surface area contributed by atoms with Crippen LogP contribution < -0.4 is 16.0 Å². The number of halogens is 5. The topological polar surface area (TPSA) is 317 Å². The molecule has 12 amide bonds. The zero-order chi connectivity index (χ0) is 73.9. The number of likely N-dealkylation sites (N-methyl/N-ethyl adjacent to an activating group) is 7. The van der Waals surface area contributed by atoms with Crippen molar-refractivity contribution in [3.8, 4) is 0 Å². The van der Waals surface area contributed by atoms with Crippen LogP contribution in [0.1, 0.15) is 148 Å². The molecule has 2 bridgehead atoms. The Kier molecular flexibility index (Phi) is 27.7. The number of carbonyl (C=O) groups excluding carboxylic acids is 12. The van der Waals surface area contributed by atoms with Crippen LogP contribution in [0.5, 0.6) is 0 Å². The van der Waals surface area contributed by atoms with Crippen LogP contribution in [-0.4, -0.2) is 275 Å². The van der Waals surface area contributed by atoms with Crippen molar-refractivity contribution < 1.29 is 94.1 Å². The van der Waals surface area contributed by atoms with Crippen LogP contribution in [0.3, 0.4) is 0 Å². The van der Waals surface area contributed by atoms with E-state index in [2.05, 4.69) is 16.0 Å². The summed E-state index contributed by atoms with van der Waals surface area (Å²) in [6, 6.07) is -10.9. The van der Waals surface area contributed by atoms with Crippen molar-refractivity contribution in [1.82, 2.24) is 60.0 Å². The summed E-state index contributed by atoms with van der Waals surface area (Å²) in [6.07, 6.45) is -5.01. The van der Waals surface area contributed by atoms with Crippen LogP contribution in [0.4, 0.5) is 22.0 Å². The lowest BCUT2D eigenvalue weighted by molar-refractivity contribution is -0.158. The Morgan fingerprint density at radius 2 is 1.31 bits per heavy atom. The van der Waals surface area contributed by atoms with E-state index in [9.17, 15) is 61.4 Å². The summed E-state index contributed by atoms with van der Waals surface area (Å²) in [6.45, 7) is 4.70. The van der Waals surface area contributed by atoms with E-state index >= 15 is 28.0 Å². The Bertz CT molecular complexity index is 3160. The van der Waals surface area contributed by atoms with Gasteiger partial charge in [0.2, 0.25) is 70.9 Å². The van der Waals surface area contributed by atoms with Gasteiger partial charge in [-0.15, -0.1) is 0 Å². The van der Waals surface area contributed by atoms with Crippen LogP contribution in [0, 0.1) is 23.5 Å². The summed E-state index contributed by atoms with van der Waals surface area (Å²) in [5.41, 5.74) is -4.25. The average Bonchev–Trinajstić information content (AvgIpc) is 1.67. The van der Waals surface area contributed by atoms with Crippen molar-refractivity contribution in [1.29, 1.82) is 0 Å². The third-order valence-electron chi connectivity index (χ3n) is 20.4. The Morgan fingerprint density at radius 1 is 0.697 bits per heavy atom. The molecule has 10 atom stereocenters. The summed E-state index contributed by atoms with van der Waals surface area (Å²) in [4.78, 5) is 200. The molecule has 2 saturated carbocycles. The van der Waals surface area contributed by atoms with Crippen LogP contribution >= 0.6 is 0 Å². The maximum absolute atomic E-state index is 15.4. The van der Waals surface area contributed by atoms with Gasteiger partial charge in [0.1, 0.15) is 71.1 Å². The fourth-order valence-corrected chi connectivity index (χ4v) is 14.2. The lowest BCUT2D eigenvalue weighted by Crippen LogP contribution is -2.68. The minimum Gasteiger partial charge on any atom is -0.481 e. The van der Waals surface area contributed by atoms with Gasteiger partial charge in [-0.25, -0.2) is 8.78 Å². The third kappa shape index (κ3) is 18.9. The van der Waals surface area contributed by atoms with Gasteiger partial charge < -0.3 is 69.9 Å². The highest BCUT2D eigenvalue weighted by Gasteiger charge is 2.54. The fourth-order valence-electron chi connectivity index (χ4n) is 14.2. The van der Waals surface area contributed by atoms with Crippen molar-refractivity contribution in [3.05, 3.63) is 34.9 Å². The molecule has 6 rings (SSSR count). The molecule has 2 aliphatic carbocycles. The van der Waals surface area contributed by atoms with E-state index in [-0.39, 0.29) is 63.8 Å². The molecule has 3 heterocycles. The van der Waals surface area contributed by atoms with Gasteiger partial charge in [-0.1, -0.05) is 52.9 Å². The highest BCUT2D eigenvalue weighted by Crippen LogP contribution is 2.39. The average molecular weight is 1410 g/mol. The first-order valence-corrected chi connectivity index (χ1v) is 34.1. The van der Waals surface area contributed by atoms with Gasteiger partial charge in [0.25, 0.3) is 0 Å². The zero-order valence-corrected chi connectivity index (χ0v) is 58.8. The number of carbonyl (C=O) groups is 13. The van der Waals surface area contributed by atoms with E-state index in [1.54, 1.807) is 27.7 Å². The summed E-state index contributed by atoms with van der Waals surface area (Å²) in [7, 11) is 10.6. The normalized spacial score (nSPS) is 27.0. The lowest BCUT2D eigenvalue weighted by Gasteiger charge is -2.46. The number of aliphatic carboxylic acids is 1. The maximum atomic E-state index is 15.4. The van der Waals surface area contributed by atoms with Gasteiger partial charge in [-0.05, 0) is 101 Å².